The number of hydrogen-bond acceptors (Lipinski definition) is 2. The van der Waals surface area contributed by atoms with Gasteiger partial charge in [-0.3, -0.25) is 9.63 Å². The highest BCUT2D eigenvalue weighted by Gasteiger charge is 2.06. The summed E-state index contributed by atoms with van der Waals surface area (Å²) in [7, 11) is 1.48. The minimum atomic E-state index is -0.180. The van der Waals surface area contributed by atoms with Crippen molar-refractivity contribution in [2.75, 3.05) is 13.7 Å². The number of unbranched alkanes of at least 4 members (excludes halogenated alkanes) is 1. The Kier molecular flexibility index (Phi) is 5.47. The van der Waals surface area contributed by atoms with E-state index in [9.17, 15) is 4.79 Å². The summed E-state index contributed by atoms with van der Waals surface area (Å²) >= 11 is 0. The Morgan fingerprint density at radius 1 is 1.73 bits per heavy atom. The number of hydroxylamine groups is 2. The molecule has 11 heavy (non-hydrogen) atoms. The molecule has 0 radical (unpaired) electrons. The van der Waals surface area contributed by atoms with E-state index in [0.717, 1.165) is 12.8 Å². The van der Waals surface area contributed by atoms with Gasteiger partial charge in [-0.25, -0.2) is 5.06 Å². The van der Waals surface area contributed by atoms with Crippen LogP contribution in [-0.2, 0) is 9.63 Å². The molecule has 0 fully saturated rings. The minimum Gasteiger partial charge on any atom is -0.274 e. The van der Waals surface area contributed by atoms with Gasteiger partial charge in [-0.2, -0.15) is 0 Å². The molecule has 64 valence electrons. The molecule has 0 atom stereocenters. The first kappa shape index (κ1) is 10.2. The molecule has 0 N–H and O–H groups in total. The maximum atomic E-state index is 10.9. The molecular weight excluding hydrogens is 142 g/mol. The molecule has 3 heteroatoms. The van der Waals surface area contributed by atoms with E-state index in [2.05, 4.69) is 13.5 Å². The highest BCUT2D eigenvalue weighted by molar-refractivity contribution is 5.86. The highest BCUT2D eigenvalue weighted by Crippen LogP contribution is 1.95. The molecule has 0 aliphatic carbocycles. The smallest absolute Gasteiger partial charge is 0.269 e. The number of carbonyl (C=O) groups is 1. The summed E-state index contributed by atoms with van der Waals surface area (Å²) in [5.74, 6) is -0.180. The topological polar surface area (TPSA) is 29.5 Å². The summed E-state index contributed by atoms with van der Waals surface area (Å²) in [6.45, 7) is 6.06. The van der Waals surface area contributed by atoms with Gasteiger partial charge in [0.05, 0.1) is 7.11 Å². The van der Waals surface area contributed by atoms with Crippen LogP contribution in [0.15, 0.2) is 12.7 Å². The lowest BCUT2D eigenvalue weighted by Gasteiger charge is -2.16. The van der Waals surface area contributed by atoms with E-state index < -0.39 is 0 Å². The summed E-state index contributed by atoms with van der Waals surface area (Å²) in [6, 6.07) is 0. The van der Waals surface area contributed by atoms with Crippen LogP contribution in [0.25, 0.3) is 0 Å². The largest absolute Gasteiger partial charge is 0.274 e. The van der Waals surface area contributed by atoms with Gasteiger partial charge in [0.2, 0.25) is 0 Å². The Hall–Kier alpha value is -0.830. The molecule has 0 spiro atoms. The van der Waals surface area contributed by atoms with Crippen molar-refractivity contribution in [3.8, 4) is 0 Å². The monoisotopic (exact) mass is 157 g/mol. The fourth-order valence-corrected chi connectivity index (χ4v) is 0.695. The molecule has 0 bridgehead atoms. The summed E-state index contributed by atoms with van der Waals surface area (Å²) in [5, 5.41) is 1.30. The van der Waals surface area contributed by atoms with E-state index in [1.807, 2.05) is 0 Å². The molecule has 0 saturated carbocycles. The molecular formula is C8H15NO2. The summed E-state index contributed by atoms with van der Waals surface area (Å²) in [4.78, 5) is 15.7. The lowest BCUT2D eigenvalue weighted by Crippen LogP contribution is -2.29. The van der Waals surface area contributed by atoms with Crippen molar-refractivity contribution in [1.82, 2.24) is 5.06 Å². The van der Waals surface area contributed by atoms with Gasteiger partial charge in [0.1, 0.15) is 0 Å². The van der Waals surface area contributed by atoms with Gasteiger partial charge in [-0.05, 0) is 12.5 Å². The van der Waals surface area contributed by atoms with E-state index in [4.69, 9.17) is 4.84 Å². The van der Waals surface area contributed by atoms with E-state index in [1.54, 1.807) is 0 Å². The number of nitrogens with zero attached hydrogens (tertiary/aromatic N) is 1. The van der Waals surface area contributed by atoms with Gasteiger partial charge in [-0.1, -0.05) is 19.9 Å². The maximum Gasteiger partial charge on any atom is 0.269 e. The van der Waals surface area contributed by atoms with Crippen LogP contribution in [0, 0.1) is 0 Å². The fraction of sp³-hybridized carbons (Fsp3) is 0.625. The van der Waals surface area contributed by atoms with E-state index in [0.29, 0.717) is 6.54 Å². The third kappa shape index (κ3) is 3.78. The first-order valence-electron chi connectivity index (χ1n) is 3.74. The SMILES string of the molecule is C=CC(=O)N(CCCC)OC. The zero-order valence-electron chi connectivity index (χ0n) is 7.17. The van der Waals surface area contributed by atoms with Gasteiger partial charge in [-0.15, -0.1) is 0 Å². The van der Waals surface area contributed by atoms with Crippen molar-refractivity contribution >= 4 is 5.91 Å². The van der Waals surface area contributed by atoms with Crippen LogP contribution in [0.5, 0.6) is 0 Å². The fourth-order valence-electron chi connectivity index (χ4n) is 0.695. The van der Waals surface area contributed by atoms with Crippen LogP contribution in [0.4, 0.5) is 0 Å². The third-order valence-corrected chi connectivity index (χ3v) is 1.36. The molecule has 0 unspecified atom stereocenters. The van der Waals surface area contributed by atoms with Crippen LogP contribution >= 0.6 is 0 Å². The zero-order chi connectivity index (χ0) is 8.69. The lowest BCUT2D eigenvalue weighted by atomic mass is 10.3. The summed E-state index contributed by atoms with van der Waals surface area (Å²) in [6.07, 6.45) is 3.25. The highest BCUT2D eigenvalue weighted by atomic mass is 16.7. The Morgan fingerprint density at radius 2 is 2.36 bits per heavy atom. The number of carbonyl (C=O) groups excluding carboxylic acids is 1. The van der Waals surface area contributed by atoms with Gasteiger partial charge in [0.15, 0.2) is 0 Å². The molecule has 0 aliphatic rings. The van der Waals surface area contributed by atoms with Crippen LogP contribution in [0.3, 0.4) is 0 Å². The first-order valence-corrected chi connectivity index (χ1v) is 3.74. The second-order valence-corrected chi connectivity index (χ2v) is 2.18. The van der Waals surface area contributed by atoms with Gasteiger partial charge >= 0.3 is 0 Å². The number of rotatable bonds is 5. The van der Waals surface area contributed by atoms with Crippen molar-refractivity contribution in [2.24, 2.45) is 0 Å². The average molecular weight is 157 g/mol. The Labute approximate surface area is 67.6 Å². The van der Waals surface area contributed by atoms with Crippen molar-refractivity contribution < 1.29 is 9.63 Å². The second-order valence-electron chi connectivity index (χ2n) is 2.18. The van der Waals surface area contributed by atoms with Crippen molar-refractivity contribution in [3.63, 3.8) is 0 Å². The lowest BCUT2D eigenvalue weighted by molar-refractivity contribution is -0.170. The molecule has 0 heterocycles. The predicted molar refractivity (Wildman–Crippen MR) is 43.8 cm³/mol. The van der Waals surface area contributed by atoms with Crippen LogP contribution < -0.4 is 0 Å². The first-order chi connectivity index (χ1) is 5.26. The molecule has 1 amide bonds. The standard InChI is InChI=1S/C8H15NO2/c1-4-6-7-9(11-3)8(10)5-2/h5H,2,4,6-7H2,1,3H3. The maximum absolute atomic E-state index is 10.9. The van der Waals surface area contributed by atoms with E-state index in [-0.39, 0.29) is 5.91 Å². The van der Waals surface area contributed by atoms with Crippen LogP contribution in [0.1, 0.15) is 19.8 Å². The molecule has 0 saturated heterocycles. The number of hydrogen-bond donors (Lipinski definition) is 0. The van der Waals surface area contributed by atoms with Gasteiger partial charge in [0, 0.05) is 6.54 Å². The van der Waals surface area contributed by atoms with E-state index in [1.165, 1.54) is 18.2 Å². The van der Waals surface area contributed by atoms with Gasteiger partial charge in [0.25, 0.3) is 5.91 Å². The Bertz CT molecular complexity index is 134. The van der Waals surface area contributed by atoms with Gasteiger partial charge < -0.3 is 0 Å². The van der Waals surface area contributed by atoms with Crippen molar-refractivity contribution in [3.05, 3.63) is 12.7 Å². The third-order valence-electron chi connectivity index (χ3n) is 1.36. The molecule has 0 rings (SSSR count). The van der Waals surface area contributed by atoms with Crippen molar-refractivity contribution in [2.45, 2.75) is 19.8 Å². The number of amides is 1. The summed E-state index contributed by atoms with van der Waals surface area (Å²) < 4.78 is 0. The quantitative estimate of drug-likeness (QED) is 0.445. The molecule has 0 aromatic heterocycles. The van der Waals surface area contributed by atoms with Crippen LogP contribution in [-0.4, -0.2) is 24.6 Å². The molecule has 0 aromatic carbocycles. The Balaban J connectivity index is 3.74. The van der Waals surface area contributed by atoms with Crippen molar-refractivity contribution in [1.29, 1.82) is 0 Å². The van der Waals surface area contributed by atoms with Crippen LogP contribution in [0.2, 0.25) is 0 Å². The summed E-state index contributed by atoms with van der Waals surface area (Å²) in [5.41, 5.74) is 0. The normalized spacial score (nSPS) is 9.27. The predicted octanol–water partition coefficient (Wildman–Crippen LogP) is 1.36. The second kappa shape index (κ2) is 5.92. The Morgan fingerprint density at radius 3 is 2.73 bits per heavy atom. The average Bonchev–Trinajstić information content (AvgIpc) is 2.05. The van der Waals surface area contributed by atoms with E-state index >= 15 is 0 Å². The zero-order valence-corrected chi connectivity index (χ0v) is 7.17. The molecule has 0 aromatic rings. The molecule has 0 aliphatic heterocycles. The molecule has 3 nitrogen and oxygen atoms in total. The minimum absolute atomic E-state index is 0.180.